The van der Waals surface area contributed by atoms with Gasteiger partial charge in [0.1, 0.15) is 11.9 Å². The summed E-state index contributed by atoms with van der Waals surface area (Å²) in [4.78, 5) is 12.1. The molecule has 0 aliphatic carbocycles. The lowest BCUT2D eigenvalue weighted by atomic mass is 9.99. The average Bonchev–Trinajstić information content (AvgIpc) is 2.67. The SMILES string of the molecule is Cc1ccc(F)cc1C(=O)C1CCC(C)O1. The highest BCUT2D eigenvalue weighted by Gasteiger charge is 2.29. The Labute approximate surface area is 94.4 Å². The van der Waals surface area contributed by atoms with Gasteiger partial charge >= 0.3 is 0 Å². The molecule has 2 nitrogen and oxygen atoms in total. The van der Waals surface area contributed by atoms with Gasteiger partial charge in [0.25, 0.3) is 0 Å². The second kappa shape index (κ2) is 4.34. The molecule has 1 aliphatic rings. The van der Waals surface area contributed by atoms with Gasteiger partial charge in [0, 0.05) is 5.56 Å². The third kappa shape index (κ3) is 2.14. The van der Waals surface area contributed by atoms with E-state index in [1.807, 2.05) is 13.8 Å². The minimum atomic E-state index is -0.393. The van der Waals surface area contributed by atoms with Gasteiger partial charge in [-0.2, -0.15) is 0 Å². The van der Waals surface area contributed by atoms with Crippen LogP contribution in [0.4, 0.5) is 4.39 Å². The fourth-order valence-corrected chi connectivity index (χ4v) is 2.03. The van der Waals surface area contributed by atoms with E-state index in [-0.39, 0.29) is 17.7 Å². The van der Waals surface area contributed by atoms with Crippen molar-refractivity contribution in [1.82, 2.24) is 0 Å². The molecule has 1 saturated heterocycles. The molecule has 0 radical (unpaired) electrons. The molecular formula is C13H15FO2. The van der Waals surface area contributed by atoms with E-state index in [1.54, 1.807) is 6.07 Å². The van der Waals surface area contributed by atoms with Crippen molar-refractivity contribution in [3.8, 4) is 0 Å². The van der Waals surface area contributed by atoms with Crippen LogP contribution in [0.3, 0.4) is 0 Å². The third-order valence-corrected chi connectivity index (χ3v) is 2.99. The minimum absolute atomic E-state index is 0.0960. The number of halogens is 1. The van der Waals surface area contributed by atoms with E-state index in [0.717, 1.165) is 18.4 Å². The molecule has 2 rings (SSSR count). The summed E-state index contributed by atoms with van der Waals surface area (Å²) in [6.45, 7) is 3.76. The zero-order chi connectivity index (χ0) is 11.7. The molecule has 86 valence electrons. The summed E-state index contributed by atoms with van der Waals surface area (Å²) in [5.74, 6) is -0.471. The summed E-state index contributed by atoms with van der Waals surface area (Å²) in [5.41, 5.74) is 1.24. The molecule has 0 N–H and O–H groups in total. The number of rotatable bonds is 2. The number of carbonyl (C=O) groups is 1. The standard InChI is InChI=1S/C13H15FO2/c1-8-3-5-10(14)7-11(8)13(15)12-6-4-9(2)16-12/h3,5,7,9,12H,4,6H2,1-2H3. The molecule has 0 amide bonds. The van der Waals surface area contributed by atoms with E-state index in [4.69, 9.17) is 4.74 Å². The number of ketones is 1. The quantitative estimate of drug-likeness (QED) is 0.719. The summed E-state index contributed by atoms with van der Waals surface area (Å²) in [7, 11) is 0. The molecule has 1 aliphatic heterocycles. The molecule has 2 atom stereocenters. The maximum Gasteiger partial charge on any atom is 0.191 e. The first kappa shape index (κ1) is 11.3. The summed E-state index contributed by atoms with van der Waals surface area (Å²) in [5, 5.41) is 0. The average molecular weight is 222 g/mol. The number of ether oxygens (including phenoxy) is 1. The number of carbonyl (C=O) groups excluding carboxylic acids is 1. The highest BCUT2D eigenvalue weighted by atomic mass is 19.1. The maximum absolute atomic E-state index is 13.1. The number of Topliss-reactive ketones (excluding diaryl/α,β-unsaturated/α-hetero) is 1. The monoisotopic (exact) mass is 222 g/mol. The van der Waals surface area contributed by atoms with Gasteiger partial charge < -0.3 is 4.74 Å². The first-order chi connectivity index (χ1) is 7.58. The van der Waals surface area contributed by atoms with Crippen LogP contribution in [0, 0.1) is 12.7 Å². The van der Waals surface area contributed by atoms with E-state index in [2.05, 4.69) is 0 Å². The Balaban J connectivity index is 2.23. The Morgan fingerprint density at radius 3 is 2.81 bits per heavy atom. The zero-order valence-corrected chi connectivity index (χ0v) is 9.50. The summed E-state index contributed by atoms with van der Waals surface area (Å²) in [6, 6.07) is 4.29. The van der Waals surface area contributed by atoms with Crippen molar-refractivity contribution < 1.29 is 13.9 Å². The molecule has 0 aromatic heterocycles. The van der Waals surface area contributed by atoms with Crippen LogP contribution in [0.5, 0.6) is 0 Å². The Kier molecular flexibility index (Phi) is 3.06. The van der Waals surface area contributed by atoms with Crippen LogP contribution in [-0.2, 0) is 4.74 Å². The third-order valence-electron chi connectivity index (χ3n) is 2.99. The largest absolute Gasteiger partial charge is 0.367 e. The molecule has 1 aromatic carbocycles. The molecule has 1 fully saturated rings. The molecular weight excluding hydrogens is 207 g/mol. The van der Waals surface area contributed by atoms with E-state index >= 15 is 0 Å². The van der Waals surface area contributed by atoms with Crippen molar-refractivity contribution in [3.05, 3.63) is 35.1 Å². The molecule has 1 heterocycles. The maximum atomic E-state index is 13.1. The first-order valence-electron chi connectivity index (χ1n) is 5.54. The highest BCUT2D eigenvalue weighted by Crippen LogP contribution is 2.24. The molecule has 16 heavy (non-hydrogen) atoms. The summed E-state index contributed by atoms with van der Waals surface area (Å²) < 4.78 is 18.6. The van der Waals surface area contributed by atoms with Gasteiger partial charge in [0.05, 0.1) is 6.10 Å². The normalized spacial score (nSPS) is 24.7. The Morgan fingerprint density at radius 2 is 2.19 bits per heavy atom. The van der Waals surface area contributed by atoms with E-state index in [0.29, 0.717) is 5.56 Å². The lowest BCUT2D eigenvalue weighted by molar-refractivity contribution is 0.0432. The summed E-state index contributed by atoms with van der Waals surface area (Å²) in [6.07, 6.45) is 1.36. The zero-order valence-electron chi connectivity index (χ0n) is 9.50. The topological polar surface area (TPSA) is 26.3 Å². The Bertz CT molecular complexity index is 414. The predicted molar refractivity (Wildman–Crippen MR) is 59.0 cm³/mol. The van der Waals surface area contributed by atoms with E-state index in [9.17, 15) is 9.18 Å². The fourth-order valence-electron chi connectivity index (χ4n) is 2.03. The lowest BCUT2D eigenvalue weighted by Gasteiger charge is -2.11. The molecule has 0 saturated carbocycles. The van der Waals surface area contributed by atoms with Gasteiger partial charge in [-0.15, -0.1) is 0 Å². The predicted octanol–water partition coefficient (Wildman–Crippen LogP) is 2.88. The lowest BCUT2D eigenvalue weighted by Crippen LogP contribution is -2.21. The second-order valence-electron chi connectivity index (χ2n) is 4.34. The van der Waals surface area contributed by atoms with Gasteiger partial charge in [-0.05, 0) is 44.4 Å². The molecule has 2 unspecified atom stereocenters. The molecule has 1 aromatic rings. The highest BCUT2D eigenvalue weighted by molar-refractivity contribution is 6.00. The van der Waals surface area contributed by atoms with Crippen LogP contribution in [0.15, 0.2) is 18.2 Å². The van der Waals surface area contributed by atoms with Crippen LogP contribution < -0.4 is 0 Å². The smallest absolute Gasteiger partial charge is 0.191 e. The molecule has 0 spiro atoms. The molecule has 0 bridgehead atoms. The number of hydrogen-bond donors (Lipinski definition) is 0. The number of hydrogen-bond acceptors (Lipinski definition) is 2. The van der Waals surface area contributed by atoms with E-state index in [1.165, 1.54) is 12.1 Å². The van der Waals surface area contributed by atoms with Crippen LogP contribution in [-0.4, -0.2) is 18.0 Å². The summed E-state index contributed by atoms with van der Waals surface area (Å²) >= 11 is 0. The van der Waals surface area contributed by atoms with Gasteiger partial charge in [0.2, 0.25) is 0 Å². The van der Waals surface area contributed by atoms with E-state index < -0.39 is 6.10 Å². The Morgan fingerprint density at radius 1 is 1.44 bits per heavy atom. The van der Waals surface area contributed by atoms with Crippen molar-refractivity contribution >= 4 is 5.78 Å². The van der Waals surface area contributed by atoms with Crippen molar-refractivity contribution in [3.63, 3.8) is 0 Å². The fraction of sp³-hybridized carbons (Fsp3) is 0.462. The molecule has 3 heteroatoms. The minimum Gasteiger partial charge on any atom is -0.367 e. The van der Waals surface area contributed by atoms with Crippen LogP contribution >= 0.6 is 0 Å². The van der Waals surface area contributed by atoms with Crippen molar-refractivity contribution in [2.24, 2.45) is 0 Å². The van der Waals surface area contributed by atoms with Gasteiger partial charge in [-0.25, -0.2) is 4.39 Å². The number of aryl methyl sites for hydroxylation is 1. The van der Waals surface area contributed by atoms with Crippen molar-refractivity contribution in [2.45, 2.75) is 38.9 Å². The first-order valence-corrected chi connectivity index (χ1v) is 5.54. The Hall–Kier alpha value is -1.22. The second-order valence-corrected chi connectivity index (χ2v) is 4.34. The van der Waals surface area contributed by atoms with Gasteiger partial charge in [-0.3, -0.25) is 4.79 Å². The van der Waals surface area contributed by atoms with Gasteiger partial charge in [0.15, 0.2) is 5.78 Å². The van der Waals surface area contributed by atoms with Crippen LogP contribution in [0.25, 0.3) is 0 Å². The number of benzene rings is 1. The van der Waals surface area contributed by atoms with Crippen LogP contribution in [0.2, 0.25) is 0 Å². The van der Waals surface area contributed by atoms with Crippen LogP contribution in [0.1, 0.15) is 35.7 Å². The van der Waals surface area contributed by atoms with Gasteiger partial charge in [-0.1, -0.05) is 6.07 Å². The van der Waals surface area contributed by atoms with Crippen molar-refractivity contribution in [2.75, 3.05) is 0 Å². The van der Waals surface area contributed by atoms with Crippen molar-refractivity contribution in [1.29, 1.82) is 0 Å².